The van der Waals surface area contributed by atoms with E-state index in [-0.39, 0.29) is 6.10 Å². The first-order chi connectivity index (χ1) is 13.7. The van der Waals surface area contributed by atoms with Crippen molar-refractivity contribution < 1.29 is 14.2 Å². The van der Waals surface area contributed by atoms with E-state index in [0.29, 0.717) is 13.2 Å². The summed E-state index contributed by atoms with van der Waals surface area (Å²) in [4.78, 5) is 0. The zero-order chi connectivity index (χ0) is 21.7. The quantitative estimate of drug-likeness (QED) is 0.230. The Balaban J connectivity index is 1.93. The van der Waals surface area contributed by atoms with E-state index in [1.54, 1.807) is 0 Å². The average Bonchev–Trinajstić information content (AvgIpc) is 2.97. The second-order valence-electron chi connectivity index (χ2n) is 10.8. The molecule has 0 aliphatic carbocycles. The van der Waals surface area contributed by atoms with Gasteiger partial charge in [0.1, 0.15) is 6.10 Å². The fourth-order valence-corrected chi connectivity index (χ4v) is 4.28. The molecule has 4 atom stereocenters. The minimum Gasteiger partial charge on any atom is -0.379 e. The lowest BCUT2D eigenvalue weighted by Crippen LogP contribution is -2.24. The third-order valence-corrected chi connectivity index (χ3v) is 6.39. The third-order valence-electron chi connectivity index (χ3n) is 6.39. The molecule has 1 aliphatic rings. The molecule has 0 unspecified atom stereocenters. The van der Waals surface area contributed by atoms with Crippen LogP contribution in [0.3, 0.4) is 0 Å². The van der Waals surface area contributed by atoms with Crippen molar-refractivity contribution in [3.8, 4) is 0 Å². The van der Waals surface area contributed by atoms with Gasteiger partial charge in [-0.3, -0.25) is 0 Å². The van der Waals surface area contributed by atoms with E-state index < -0.39 is 5.79 Å². The maximum atomic E-state index is 5.82. The van der Waals surface area contributed by atoms with E-state index in [1.165, 1.54) is 57.8 Å². The lowest BCUT2D eigenvalue weighted by atomic mass is 9.91. The Morgan fingerprint density at radius 2 is 1.24 bits per heavy atom. The van der Waals surface area contributed by atoms with Gasteiger partial charge in [-0.15, -0.1) is 0 Å². The van der Waals surface area contributed by atoms with Gasteiger partial charge in [0.15, 0.2) is 5.79 Å². The van der Waals surface area contributed by atoms with E-state index in [9.17, 15) is 0 Å². The largest absolute Gasteiger partial charge is 0.379 e. The molecule has 0 amide bonds. The molecule has 0 spiro atoms. The molecule has 3 heteroatoms. The molecule has 0 N–H and O–H groups in total. The van der Waals surface area contributed by atoms with Gasteiger partial charge in [0.25, 0.3) is 0 Å². The summed E-state index contributed by atoms with van der Waals surface area (Å²) in [5.41, 5.74) is 0. The van der Waals surface area contributed by atoms with Crippen LogP contribution in [0.4, 0.5) is 0 Å². The smallest absolute Gasteiger partial charge is 0.163 e. The molecule has 3 nitrogen and oxygen atoms in total. The molecule has 0 aromatic rings. The van der Waals surface area contributed by atoms with Crippen LogP contribution in [0.1, 0.15) is 113 Å². The van der Waals surface area contributed by atoms with Crippen molar-refractivity contribution in [3.05, 3.63) is 0 Å². The monoisotopic (exact) mass is 412 g/mol. The van der Waals surface area contributed by atoms with Crippen molar-refractivity contribution in [2.45, 2.75) is 125 Å². The van der Waals surface area contributed by atoms with Crippen molar-refractivity contribution in [1.29, 1.82) is 0 Å². The molecule has 0 saturated carbocycles. The van der Waals surface area contributed by atoms with Gasteiger partial charge in [-0.2, -0.15) is 0 Å². The van der Waals surface area contributed by atoms with E-state index >= 15 is 0 Å². The lowest BCUT2D eigenvalue weighted by molar-refractivity contribution is -0.145. The maximum absolute atomic E-state index is 5.82. The van der Waals surface area contributed by atoms with E-state index in [0.717, 1.165) is 36.7 Å². The summed E-state index contributed by atoms with van der Waals surface area (Å²) < 4.78 is 17.2. The molecule has 0 bridgehead atoms. The van der Waals surface area contributed by atoms with Crippen LogP contribution >= 0.6 is 0 Å². The van der Waals surface area contributed by atoms with Gasteiger partial charge in [0, 0.05) is 6.61 Å². The van der Waals surface area contributed by atoms with Crippen molar-refractivity contribution >= 4 is 0 Å². The van der Waals surface area contributed by atoms with Crippen LogP contribution in [0.5, 0.6) is 0 Å². The predicted octanol–water partition coefficient (Wildman–Crippen LogP) is 7.62. The first-order valence-electron chi connectivity index (χ1n) is 12.6. The molecule has 1 rings (SSSR count). The summed E-state index contributed by atoms with van der Waals surface area (Å²) in [5, 5.41) is 0. The molecule has 1 saturated heterocycles. The van der Waals surface area contributed by atoms with Crippen LogP contribution < -0.4 is 0 Å². The van der Waals surface area contributed by atoms with Crippen molar-refractivity contribution in [3.63, 3.8) is 0 Å². The summed E-state index contributed by atoms with van der Waals surface area (Å²) in [6, 6.07) is 0. The van der Waals surface area contributed by atoms with Gasteiger partial charge < -0.3 is 14.2 Å². The van der Waals surface area contributed by atoms with Gasteiger partial charge in [0.05, 0.1) is 13.2 Å². The van der Waals surface area contributed by atoms with Crippen LogP contribution in [0, 0.1) is 23.7 Å². The Morgan fingerprint density at radius 1 is 0.759 bits per heavy atom. The SMILES string of the molecule is CC(C)CCC[C@@H](C)CCC[C@@H](C)CCC[C@H](C)CCOC[C@H]1COC(C)(C)O1. The minimum absolute atomic E-state index is 0.0964. The fraction of sp³-hybridized carbons (Fsp3) is 1.00. The van der Waals surface area contributed by atoms with E-state index in [2.05, 4.69) is 34.6 Å². The molecular formula is C26H52O3. The second-order valence-corrected chi connectivity index (χ2v) is 10.8. The number of hydrogen-bond donors (Lipinski definition) is 0. The summed E-state index contributed by atoms with van der Waals surface area (Å²) in [6.45, 7) is 18.0. The van der Waals surface area contributed by atoms with Crippen LogP contribution in [0.15, 0.2) is 0 Å². The Kier molecular flexibility index (Phi) is 13.7. The van der Waals surface area contributed by atoms with E-state index in [4.69, 9.17) is 14.2 Å². The highest BCUT2D eigenvalue weighted by atomic mass is 16.7. The summed E-state index contributed by atoms with van der Waals surface area (Å²) in [7, 11) is 0. The summed E-state index contributed by atoms with van der Waals surface area (Å²) >= 11 is 0. The van der Waals surface area contributed by atoms with Crippen LogP contribution in [0.25, 0.3) is 0 Å². The van der Waals surface area contributed by atoms with Gasteiger partial charge in [-0.1, -0.05) is 92.4 Å². The van der Waals surface area contributed by atoms with Crippen molar-refractivity contribution in [2.24, 2.45) is 23.7 Å². The Morgan fingerprint density at radius 3 is 1.69 bits per heavy atom. The molecule has 1 heterocycles. The summed E-state index contributed by atoms with van der Waals surface area (Å²) in [6.07, 6.45) is 13.8. The molecule has 0 radical (unpaired) electrons. The average molecular weight is 413 g/mol. The zero-order valence-corrected chi connectivity index (χ0v) is 20.8. The molecule has 0 aromatic heterocycles. The third kappa shape index (κ3) is 14.5. The molecule has 0 aromatic carbocycles. The first-order valence-corrected chi connectivity index (χ1v) is 12.6. The Labute approximate surface area is 182 Å². The van der Waals surface area contributed by atoms with Crippen molar-refractivity contribution in [1.82, 2.24) is 0 Å². The topological polar surface area (TPSA) is 27.7 Å². The van der Waals surface area contributed by atoms with Crippen LogP contribution in [0.2, 0.25) is 0 Å². The van der Waals surface area contributed by atoms with Gasteiger partial charge in [-0.05, 0) is 43.9 Å². The Hall–Kier alpha value is -0.120. The van der Waals surface area contributed by atoms with Crippen LogP contribution in [-0.4, -0.2) is 31.7 Å². The molecule has 1 fully saturated rings. The van der Waals surface area contributed by atoms with E-state index in [1.807, 2.05) is 13.8 Å². The standard InChI is InChI=1S/C26H52O3/c1-21(2)11-8-12-22(3)13-9-14-23(4)15-10-16-24(5)17-18-27-19-25-20-28-26(6,7)29-25/h21-25H,8-20H2,1-7H3/t22-,23-,24+,25+/m1/s1. The number of hydrogen-bond acceptors (Lipinski definition) is 3. The van der Waals surface area contributed by atoms with Gasteiger partial charge in [0.2, 0.25) is 0 Å². The molecular weight excluding hydrogens is 360 g/mol. The normalized spacial score (nSPS) is 22.1. The molecule has 29 heavy (non-hydrogen) atoms. The Bertz CT molecular complexity index is 393. The fourth-order valence-electron chi connectivity index (χ4n) is 4.28. The van der Waals surface area contributed by atoms with Crippen molar-refractivity contribution in [2.75, 3.05) is 19.8 Å². The van der Waals surface area contributed by atoms with Crippen LogP contribution in [-0.2, 0) is 14.2 Å². The lowest BCUT2D eigenvalue weighted by Gasteiger charge is -2.18. The zero-order valence-electron chi connectivity index (χ0n) is 20.8. The molecule has 174 valence electrons. The number of rotatable bonds is 17. The highest BCUT2D eigenvalue weighted by Crippen LogP contribution is 2.24. The van der Waals surface area contributed by atoms with Gasteiger partial charge >= 0.3 is 0 Å². The number of ether oxygens (including phenoxy) is 3. The highest BCUT2D eigenvalue weighted by Gasteiger charge is 2.32. The van der Waals surface area contributed by atoms with Gasteiger partial charge in [-0.25, -0.2) is 0 Å². The summed E-state index contributed by atoms with van der Waals surface area (Å²) in [5.74, 6) is 2.96. The molecule has 1 aliphatic heterocycles. The maximum Gasteiger partial charge on any atom is 0.163 e. The minimum atomic E-state index is -0.441. The predicted molar refractivity (Wildman–Crippen MR) is 124 cm³/mol. The second kappa shape index (κ2) is 14.8. The highest BCUT2D eigenvalue weighted by molar-refractivity contribution is 4.70. The first kappa shape index (κ1) is 26.9.